The van der Waals surface area contributed by atoms with E-state index in [-0.39, 0.29) is 0 Å². The van der Waals surface area contributed by atoms with E-state index in [1.807, 2.05) is 6.20 Å². The second kappa shape index (κ2) is 4.76. The highest BCUT2D eigenvalue weighted by Crippen LogP contribution is 2.19. The number of aliphatic hydroxyl groups is 1. The molecule has 1 aliphatic rings. The Morgan fingerprint density at radius 3 is 3.29 bits per heavy atom. The molecule has 0 spiro atoms. The molecule has 3 rings (SSSR count). The molecule has 3 heterocycles. The van der Waals surface area contributed by atoms with Gasteiger partial charge in [0.05, 0.1) is 5.69 Å². The number of rotatable bonds is 3. The van der Waals surface area contributed by atoms with Gasteiger partial charge in [-0.3, -0.25) is 9.30 Å². The number of nitrogens with zero attached hydrogens (tertiary/aromatic N) is 3. The molecule has 1 atom stereocenters. The summed E-state index contributed by atoms with van der Waals surface area (Å²) in [6.45, 7) is 3.35. The Bertz CT molecular complexity index is 464. The zero-order valence-corrected chi connectivity index (χ0v) is 10.6. The summed E-state index contributed by atoms with van der Waals surface area (Å²) in [5, 5.41) is 11.3. The summed E-state index contributed by atoms with van der Waals surface area (Å²) in [7, 11) is 0. The van der Waals surface area contributed by atoms with E-state index in [0.717, 1.165) is 36.7 Å². The molecule has 0 bridgehead atoms. The van der Waals surface area contributed by atoms with Crippen molar-refractivity contribution in [3.05, 3.63) is 23.5 Å². The van der Waals surface area contributed by atoms with Crippen LogP contribution in [0.1, 0.15) is 18.5 Å². The zero-order valence-electron chi connectivity index (χ0n) is 9.75. The van der Waals surface area contributed by atoms with Gasteiger partial charge in [0.15, 0.2) is 4.96 Å². The van der Waals surface area contributed by atoms with Crippen LogP contribution in [0.5, 0.6) is 0 Å². The molecule has 0 aliphatic carbocycles. The van der Waals surface area contributed by atoms with Gasteiger partial charge in [-0.2, -0.15) is 0 Å². The molecular formula is C12H17N3OS. The van der Waals surface area contributed by atoms with Crippen LogP contribution in [-0.2, 0) is 6.54 Å². The van der Waals surface area contributed by atoms with Crippen LogP contribution in [0, 0.1) is 5.92 Å². The maximum absolute atomic E-state index is 9.21. The van der Waals surface area contributed by atoms with Crippen LogP contribution in [0.4, 0.5) is 0 Å². The van der Waals surface area contributed by atoms with Crippen LogP contribution in [0.2, 0.25) is 0 Å². The molecule has 1 saturated heterocycles. The SMILES string of the molecule is OCC1CCCN(Cc2cn3ccsc3n2)C1. The maximum Gasteiger partial charge on any atom is 0.193 e. The maximum atomic E-state index is 9.21. The average molecular weight is 251 g/mol. The molecule has 17 heavy (non-hydrogen) atoms. The summed E-state index contributed by atoms with van der Waals surface area (Å²) in [5.41, 5.74) is 1.13. The van der Waals surface area contributed by atoms with Crippen LogP contribution in [0.25, 0.3) is 4.96 Å². The van der Waals surface area contributed by atoms with Crippen LogP contribution in [-0.4, -0.2) is 39.1 Å². The Morgan fingerprint density at radius 2 is 2.47 bits per heavy atom. The first-order valence-electron chi connectivity index (χ1n) is 6.09. The number of thiazole rings is 1. The molecule has 0 saturated carbocycles. The predicted octanol–water partition coefficient (Wildman–Crippen LogP) is 1.60. The lowest BCUT2D eigenvalue weighted by atomic mass is 9.99. The second-order valence-corrected chi connectivity index (χ2v) is 5.62. The van der Waals surface area contributed by atoms with Crippen LogP contribution < -0.4 is 0 Å². The molecule has 2 aromatic heterocycles. The van der Waals surface area contributed by atoms with Crippen molar-refractivity contribution >= 4 is 16.3 Å². The predicted molar refractivity (Wildman–Crippen MR) is 68.2 cm³/mol. The van der Waals surface area contributed by atoms with Gasteiger partial charge >= 0.3 is 0 Å². The van der Waals surface area contributed by atoms with E-state index < -0.39 is 0 Å². The van der Waals surface area contributed by atoms with Gasteiger partial charge in [-0.25, -0.2) is 4.98 Å². The minimum Gasteiger partial charge on any atom is -0.396 e. The summed E-state index contributed by atoms with van der Waals surface area (Å²) in [6, 6.07) is 0. The summed E-state index contributed by atoms with van der Waals surface area (Å²) < 4.78 is 2.08. The fraction of sp³-hybridized carbons (Fsp3) is 0.583. The molecule has 1 aliphatic heterocycles. The summed E-state index contributed by atoms with van der Waals surface area (Å²) in [6.07, 6.45) is 6.50. The number of hydrogen-bond acceptors (Lipinski definition) is 4. The Hall–Kier alpha value is -0.910. The first-order chi connectivity index (χ1) is 8.35. The number of hydrogen-bond donors (Lipinski definition) is 1. The Labute approximate surface area is 105 Å². The molecule has 4 nitrogen and oxygen atoms in total. The quantitative estimate of drug-likeness (QED) is 0.901. The van der Waals surface area contributed by atoms with E-state index in [2.05, 4.69) is 25.9 Å². The van der Waals surface area contributed by atoms with Crippen molar-refractivity contribution in [3.8, 4) is 0 Å². The summed E-state index contributed by atoms with van der Waals surface area (Å²) in [5.74, 6) is 0.451. The Kier molecular flexibility index (Phi) is 3.13. The minimum absolute atomic E-state index is 0.314. The number of aliphatic hydroxyl groups excluding tert-OH is 1. The normalized spacial score (nSPS) is 22.3. The van der Waals surface area contributed by atoms with Crippen molar-refractivity contribution in [2.75, 3.05) is 19.7 Å². The molecule has 0 amide bonds. The highest BCUT2D eigenvalue weighted by Gasteiger charge is 2.19. The van der Waals surface area contributed by atoms with E-state index >= 15 is 0 Å². The topological polar surface area (TPSA) is 40.8 Å². The molecule has 5 heteroatoms. The third-order valence-electron chi connectivity index (χ3n) is 3.39. The largest absolute Gasteiger partial charge is 0.396 e. The zero-order chi connectivity index (χ0) is 11.7. The smallest absolute Gasteiger partial charge is 0.193 e. The Morgan fingerprint density at radius 1 is 1.53 bits per heavy atom. The highest BCUT2D eigenvalue weighted by atomic mass is 32.1. The Balaban J connectivity index is 1.68. The first-order valence-corrected chi connectivity index (χ1v) is 6.97. The van der Waals surface area contributed by atoms with Crippen LogP contribution in [0.15, 0.2) is 17.8 Å². The number of likely N-dealkylation sites (tertiary alicyclic amines) is 1. The molecule has 0 radical (unpaired) electrons. The highest BCUT2D eigenvalue weighted by molar-refractivity contribution is 7.15. The van der Waals surface area contributed by atoms with E-state index in [1.54, 1.807) is 11.3 Å². The van der Waals surface area contributed by atoms with Gasteiger partial charge in [0, 0.05) is 37.5 Å². The van der Waals surface area contributed by atoms with Gasteiger partial charge in [0.25, 0.3) is 0 Å². The monoisotopic (exact) mass is 251 g/mol. The third kappa shape index (κ3) is 2.36. The van der Waals surface area contributed by atoms with Gasteiger partial charge in [0.1, 0.15) is 0 Å². The number of imidazole rings is 1. The lowest BCUT2D eigenvalue weighted by molar-refractivity contribution is 0.115. The molecule has 0 aromatic carbocycles. The molecule has 1 fully saturated rings. The van der Waals surface area contributed by atoms with Crippen molar-refractivity contribution in [2.24, 2.45) is 5.92 Å². The lowest BCUT2D eigenvalue weighted by Crippen LogP contribution is -2.36. The number of piperidine rings is 1. The molecule has 2 aromatic rings. The molecule has 1 unspecified atom stereocenters. The number of fused-ring (bicyclic) bond motifs is 1. The van der Waals surface area contributed by atoms with E-state index in [1.165, 1.54) is 6.42 Å². The van der Waals surface area contributed by atoms with Crippen LogP contribution in [0.3, 0.4) is 0 Å². The van der Waals surface area contributed by atoms with Gasteiger partial charge in [-0.15, -0.1) is 11.3 Å². The van der Waals surface area contributed by atoms with E-state index in [0.29, 0.717) is 12.5 Å². The average Bonchev–Trinajstić information content (AvgIpc) is 2.90. The fourth-order valence-corrected chi connectivity index (χ4v) is 3.24. The van der Waals surface area contributed by atoms with Gasteiger partial charge < -0.3 is 5.11 Å². The van der Waals surface area contributed by atoms with Crippen molar-refractivity contribution in [3.63, 3.8) is 0 Å². The van der Waals surface area contributed by atoms with Crippen molar-refractivity contribution < 1.29 is 5.11 Å². The van der Waals surface area contributed by atoms with Crippen molar-refractivity contribution in [1.29, 1.82) is 0 Å². The van der Waals surface area contributed by atoms with Gasteiger partial charge in [-0.05, 0) is 25.3 Å². The summed E-state index contributed by atoms with van der Waals surface area (Å²) in [4.78, 5) is 8.06. The lowest BCUT2D eigenvalue weighted by Gasteiger charge is -2.31. The van der Waals surface area contributed by atoms with Gasteiger partial charge in [0.2, 0.25) is 0 Å². The van der Waals surface area contributed by atoms with Crippen LogP contribution >= 0.6 is 11.3 Å². The fourth-order valence-electron chi connectivity index (χ4n) is 2.53. The minimum atomic E-state index is 0.314. The molecule has 1 N–H and O–H groups in total. The first kappa shape index (κ1) is 11.2. The standard InChI is InChI=1S/C12H17N3OS/c16-9-10-2-1-3-14(6-10)7-11-8-15-4-5-17-12(15)13-11/h4-5,8,10,16H,1-3,6-7,9H2. The van der Waals surface area contributed by atoms with Gasteiger partial charge in [-0.1, -0.05) is 0 Å². The third-order valence-corrected chi connectivity index (χ3v) is 4.16. The molecular weight excluding hydrogens is 234 g/mol. The number of aromatic nitrogens is 2. The molecule has 92 valence electrons. The van der Waals surface area contributed by atoms with E-state index in [9.17, 15) is 5.11 Å². The van der Waals surface area contributed by atoms with Crippen molar-refractivity contribution in [2.45, 2.75) is 19.4 Å². The summed E-state index contributed by atoms with van der Waals surface area (Å²) >= 11 is 1.67. The van der Waals surface area contributed by atoms with Crippen molar-refractivity contribution in [1.82, 2.24) is 14.3 Å². The second-order valence-electron chi connectivity index (χ2n) is 4.75. The van der Waals surface area contributed by atoms with E-state index in [4.69, 9.17) is 0 Å².